The minimum atomic E-state index is -3.13. The van der Waals surface area contributed by atoms with E-state index in [0.29, 0.717) is 12.1 Å². The van der Waals surface area contributed by atoms with Gasteiger partial charge in [0.05, 0.1) is 5.69 Å². The van der Waals surface area contributed by atoms with Crippen molar-refractivity contribution in [2.24, 2.45) is 5.92 Å². The number of allylic oxidation sites excluding steroid dienone is 2. The number of Topliss-reactive ketones (excluding diaryl/α,β-unsaturated/α-hetero) is 1. The Morgan fingerprint density at radius 3 is 2.39 bits per heavy atom. The Labute approximate surface area is 284 Å². The van der Waals surface area contributed by atoms with E-state index in [1.165, 1.54) is 19.3 Å². The second-order valence-corrected chi connectivity index (χ2v) is 12.9. The third kappa shape index (κ3) is 9.21. The quantitative estimate of drug-likeness (QED) is 0.103. The zero-order chi connectivity index (χ0) is 35.3. The summed E-state index contributed by atoms with van der Waals surface area (Å²) in [5.74, 6) is -3.79. The number of ether oxygens (including phenoxy) is 2. The van der Waals surface area contributed by atoms with Crippen molar-refractivity contribution in [3.63, 3.8) is 0 Å². The standard InChI is InChI=1S/C37H43F4N5O3/c1-6-8-9-29(46(27-16-17-27)19-23(4)37(5,40)41)25-12-10-24(11-13-25)20-48-30-18-28(33(47)22(3)7-2)44-34(45-30)31-32(26-14-15-26)42-21-43-35(31)49-36(38)39/h9-13,18-19,21-22,26-27,36H,6-8,14-17,20H2,1-5H3/b23-19+,29-9?. The Morgan fingerprint density at radius 1 is 1.08 bits per heavy atom. The molecule has 0 saturated heterocycles. The van der Waals surface area contributed by atoms with Crippen LogP contribution in [0.25, 0.3) is 17.1 Å². The van der Waals surface area contributed by atoms with Gasteiger partial charge in [0, 0.05) is 48.3 Å². The zero-order valence-corrected chi connectivity index (χ0v) is 28.6. The molecule has 8 nitrogen and oxygen atoms in total. The average molecular weight is 682 g/mol. The van der Waals surface area contributed by atoms with E-state index in [2.05, 4.69) is 32.9 Å². The van der Waals surface area contributed by atoms with E-state index >= 15 is 0 Å². The Morgan fingerprint density at radius 2 is 1.80 bits per heavy atom. The molecule has 2 aromatic heterocycles. The summed E-state index contributed by atoms with van der Waals surface area (Å²) in [5.41, 5.74) is 3.26. The number of alkyl halides is 4. The molecule has 2 saturated carbocycles. The highest BCUT2D eigenvalue weighted by molar-refractivity contribution is 5.96. The van der Waals surface area contributed by atoms with E-state index in [4.69, 9.17) is 9.47 Å². The van der Waals surface area contributed by atoms with Crippen molar-refractivity contribution in [1.29, 1.82) is 0 Å². The highest BCUT2D eigenvalue weighted by atomic mass is 19.3. The zero-order valence-electron chi connectivity index (χ0n) is 28.6. The van der Waals surface area contributed by atoms with Crippen molar-refractivity contribution >= 4 is 11.5 Å². The number of rotatable bonds is 17. The van der Waals surface area contributed by atoms with Gasteiger partial charge in [0.2, 0.25) is 11.8 Å². The molecule has 2 aliphatic carbocycles. The molecule has 1 atom stereocenters. The lowest BCUT2D eigenvalue weighted by molar-refractivity contribution is -0.0525. The number of benzene rings is 1. The topological polar surface area (TPSA) is 90.3 Å². The highest BCUT2D eigenvalue weighted by Gasteiger charge is 2.34. The molecule has 262 valence electrons. The molecule has 49 heavy (non-hydrogen) atoms. The van der Waals surface area contributed by atoms with Crippen molar-refractivity contribution in [2.75, 3.05) is 0 Å². The van der Waals surface area contributed by atoms with Gasteiger partial charge in [-0.15, -0.1) is 0 Å². The van der Waals surface area contributed by atoms with Crippen molar-refractivity contribution in [3.05, 3.63) is 77.0 Å². The van der Waals surface area contributed by atoms with E-state index in [1.54, 1.807) is 13.1 Å². The van der Waals surface area contributed by atoms with Crippen LogP contribution in [-0.4, -0.2) is 49.2 Å². The molecule has 2 aliphatic rings. The fourth-order valence-corrected chi connectivity index (χ4v) is 5.24. The number of nitrogens with zero attached hydrogens (tertiary/aromatic N) is 5. The van der Waals surface area contributed by atoms with E-state index < -0.39 is 12.5 Å². The lowest BCUT2D eigenvalue weighted by Gasteiger charge is -2.26. The summed E-state index contributed by atoms with van der Waals surface area (Å²) in [5, 5.41) is 0. The molecule has 2 heterocycles. The number of aromatic nitrogens is 4. The third-order valence-corrected chi connectivity index (χ3v) is 8.75. The van der Waals surface area contributed by atoms with Crippen LogP contribution in [0.4, 0.5) is 17.6 Å². The smallest absolute Gasteiger partial charge is 0.388 e. The van der Waals surface area contributed by atoms with E-state index in [-0.39, 0.29) is 64.7 Å². The first-order valence-corrected chi connectivity index (χ1v) is 16.9. The molecule has 1 aromatic carbocycles. The maximum absolute atomic E-state index is 14.1. The van der Waals surface area contributed by atoms with Crippen LogP contribution in [0.2, 0.25) is 0 Å². The van der Waals surface area contributed by atoms with Crippen LogP contribution in [0.1, 0.15) is 113 Å². The molecule has 0 spiro atoms. The van der Waals surface area contributed by atoms with Gasteiger partial charge >= 0.3 is 6.61 Å². The van der Waals surface area contributed by atoms with Gasteiger partial charge in [0.25, 0.3) is 5.92 Å². The molecule has 0 bridgehead atoms. The monoisotopic (exact) mass is 681 g/mol. The summed E-state index contributed by atoms with van der Waals surface area (Å²) >= 11 is 0. The van der Waals surface area contributed by atoms with Crippen LogP contribution in [0.5, 0.6) is 11.8 Å². The van der Waals surface area contributed by atoms with Crippen LogP contribution < -0.4 is 9.47 Å². The molecular formula is C37H43F4N5O3. The number of unbranched alkanes of at least 4 members (excludes halogenated alkanes) is 1. The Kier molecular flexibility index (Phi) is 11.3. The van der Waals surface area contributed by atoms with Crippen LogP contribution >= 0.6 is 0 Å². The number of carbonyl (C=O) groups is 1. The van der Waals surface area contributed by atoms with Gasteiger partial charge in [-0.2, -0.15) is 13.8 Å². The Hall–Kier alpha value is -4.35. The van der Waals surface area contributed by atoms with Crippen LogP contribution in [0.3, 0.4) is 0 Å². The minimum absolute atomic E-state index is 0.00132. The largest absolute Gasteiger partial charge is 0.473 e. The first-order chi connectivity index (χ1) is 23.4. The molecule has 5 rings (SSSR count). The highest BCUT2D eigenvalue weighted by Crippen LogP contribution is 2.45. The van der Waals surface area contributed by atoms with Gasteiger partial charge in [-0.1, -0.05) is 57.5 Å². The Balaban J connectivity index is 1.45. The average Bonchev–Trinajstić information content (AvgIpc) is 4.00. The van der Waals surface area contributed by atoms with Crippen LogP contribution in [0.15, 0.2) is 54.5 Å². The molecule has 0 radical (unpaired) electrons. The maximum atomic E-state index is 14.1. The first-order valence-electron chi connectivity index (χ1n) is 16.9. The molecule has 1 unspecified atom stereocenters. The fraction of sp³-hybridized carbons (Fsp3) is 0.486. The van der Waals surface area contributed by atoms with Gasteiger partial charge in [-0.25, -0.2) is 23.7 Å². The van der Waals surface area contributed by atoms with Crippen molar-refractivity contribution < 1.29 is 31.8 Å². The summed E-state index contributed by atoms with van der Waals surface area (Å²) in [4.78, 5) is 32.6. The summed E-state index contributed by atoms with van der Waals surface area (Å²) in [6, 6.07) is 9.28. The fourth-order valence-electron chi connectivity index (χ4n) is 5.24. The third-order valence-electron chi connectivity index (χ3n) is 8.75. The number of ketones is 1. The van der Waals surface area contributed by atoms with E-state index in [1.807, 2.05) is 36.1 Å². The summed E-state index contributed by atoms with van der Waals surface area (Å²) in [7, 11) is 0. The predicted molar refractivity (Wildman–Crippen MR) is 178 cm³/mol. The van der Waals surface area contributed by atoms with Gasteiger partial charge in [0.15, 0.2) is 11.6 Å². The van der Waals surface area contributed by atoms with Gasteiger partial charge in [-0.05, 0) is 56.6 Å². The summed E-state index contributed by atoms with van der Waals surface area (Å²) in [6.07, 6.45) is 10.6. The number of hydrogen-bond donors (Lipinski definition) is 0. The lowest BCUT2D eigenvalue weighted by atomic mass is 10.0. The molecule has 12 heteroatoms. The van der Waals surface area contributed by atoms with Crippen LogP contribution in [0, 0.1) is 5.92 Å². The van der Waals surface area contributed by atoms with Crippen molar-refractivity contribution in [1.82, 2.24) is 24.8 Å². The van der Waals surface area contributed by atoms with Gasteiger partial charge < -0.3 is 14.4 Å². The summed E-state index contributed by atoms with van der Waals surface area (Å²) < 4.78 is 65.9. The first kappa shape index (κ1) is 35.9. The molecule has 0 amide bonds. The molecular weight excluding hydrogens is 638 g/mol. The summed E-state index contributed by atoms with van der Waals surface area (Å²) in [6.45, 7) is 5.06. The number of carbonyl (C=O) groups excluding carboxylic acids is 1. The number of halogens is 4. The predicted octanol–water partition coefficient (Wildman–Crippen LogP) is 9.38. The SMILES string of the molecule is CCCC=C(c1ccc(COc2cc(C(=O)C(C)CC)nc(-c3c(OC(F)F)ncnc3C3CC3)n2)cc1)N(/C=C(\C)C(C)(F)F)C1CC1. The normalized spacial score (nSPS) is 16.1. The van der Waals surface area contributed by atoms with Gasteiger partial charge in [0.1, 0.15) is 24.2 Å². The minimum Gasteiger partial charge on any atom is -0.473 e. The van der Waals surface area contributed by atoms with E-state index in [0.717, 1.165) is 62.3 Å². The van der Waals surface area contributed by atoms with E-state index in [9.17, 15) is 22.4 Å². The molecule has 0 aliphatic heterocycles. The molecule has 3 aromatic rings. The number of hydrogen-bond acceptors (Lipinski definition) is 8. The lowest BCUT2D eigenvalue weighted by Crippen LogP contribution is -2.22. The maximum Gasteiger partial charge on any atom is 0.388 e. The second-order valence-electron chi connectivity index (χ2n) is 12.9. The van der Waals surface area contributed by atoms with Crippen LogP contribution in [-0.2, 0) is 6.61 Å². The molecule has 0 N–H and O–H groups in total. The second kappa shape index (κ2) is 15.5. The van der Waals surface area contributed by atoms with Gasteiger partial charge in [-0.3, -0.25) is 4.79 Å². The Bertz CT molecular complexity index is 1680. The van der Waals surface area contributed by atoms with Crippen molar-refractivity contribution in [3.8, 4) is 23.1 Å². The molecule has 2 fully saturated rings. The van der Waals surface area contributed by atoms with Crippen molar-refractivity contribution in [2.45, 2.75) is 111 Å².